The Hall–Kier alpha value is -3.26. The number of halogens is 1. The third-order valence-electron chi connectivity index (χ3n) is 3.63. The van der Waals surface area contributed by atoms with Gasteiger partial charge in [0.15, 0.2) is 18.1 Å². The zero-order valence-electron chi connectivity index (χ0n) is 16.2. The van der Waals surface area contributed by atoms with Crippen molar-refractivity contribution in [2.45, 2.75) is 6.92 Å². The lowest BCUT2D eigenvalue weighted by atomic mass is 10.2. The van der Waals surface area contributed by atoms with Gasteiger partial charge < -0.3 is 18.9 Å². The Bertz CT molecular complexity index is 883. The molecule has 0 spiro atoms. The topological polar surface area (TPSA) is 95.5 Å². The summed E-state index contributed by atoms with van der Waals surface area (Å²) in [5.74, 6) is 0.521. The molecule has 0 aliphatic carbocycles. The number of nitrogens with one attached hydrogen (secondary N) is 1. The maximum absolute atomic E-state index is 11.9. The molecule has 2 rings (SSSR count). The van der Waals surface area contributed by atoms with Crippen molar-refractivity contribution in [3.63, 3.8) is 0 Å². The number of hydrazone groups is 1. The monoisotopic (exact) mass is 420 g/mol. The molecule has 154 valence electrons. The van der Waals surface area contributed by atoms with E-state index in [0.717, 1.165) is 0 Å². The number of ether oxygens (including phenoxy) is 4. The van der Waals surface area contributed by atoms with E-state index >= 15 is 0 Å². The maximum Gasteiger partial charge on any atom is 0.338 e. The van der Waals surface area contributed by atoms with Crippen LogP contribution >= 0.6 is 11.6 Å². The first-order chi connectivity index (χ1) is 14.0. The predicted molar refractivity (Wildman–Crippen MR) is 108 cm³/mol. The summed E-state index contributed by atoms with van der Waals surface area (Å²) in [7, 11) is 3.01. The Labute approximate surface area is 173 Å². The molecule has 0 saturated carbocycles. The molecule has 0 radical (unpaired) electrons. The molecule has 29 heavy (non-hydrogen) atoms. The molecular formula is C20H21ClN2O6. The van der Waals surface area contributed by atoms with Gasteiger partial charge in [-0.25, -0.2) is 10.2 Å². The first-order valence-electron chi connectivity index (χ1n) is 8.61. The molecule has 0 fully saturated rings. The standard InChI is InChI=1S/C20H21ClN2O6/c1-4-28-20(25)13-5-7-15(8-6-13)29-12-19(24)23-22-11-14-9-17(26-2)18(27-3)10-16(14)21/h5-11H,4,12H2,1-3H3,(H,23,24)/b22-11+. The average molecular weight is 421 g/mol. The summed E-state index contributed by atoms with van der Waals surface area (Å²) < 4.78 is 20.6. The third kappa shape index (κ3) is 6.39. The quantitative estimate of drug-likeness (QED) is 0.380. The zero-order chi connectivity index (χ0) is 21.2. The number of carbonyl (C=O) groups is 2. The van der Waals surface area contributed by atoms with Gasteiger partial charge in [0.1, 0.15) is 5.75 Å². The highest BCUT2D eigenvalue weighted by molar-refractivity contribution is 6.33. The minimum Gasteiger partial charge on any atom is -0.493 e. The molecule has 0 aliphatic heterocycles. The normalized spacial score (nSPS) is 10.5. The first-order valence-corrected chi connectivity index (χ1v) is 8.99. The molecule has 0 atom stereocenters. The molecule has 0 bridgehead atoms. The highest BCUT2D eigenvalue weighted by Gasteiger charge is 2.09. The number of carbonyl (C=O) groups excluding carboxylic acids is 2. The van der Waals surface area contributed by atoms with Gasteiger partial charge in [0.05, 0.1) is 37.6 Å². The molecular weight excluding hydrogens is 400 g/mol. The molecule has 8 nitrogen and oxygen atoms in total. The summed E-state index contributed by atoms with van der Waals surface area (Å²) in [6.07, 6.45) is 1.39. The van der Waals surface area contributed by atoms with Crippen LogP contribution in [0.4, 0.5) is 0 Å². The van der Waals surface area contributed by atoms with Crippen molar-refractivity contribution in [3.8, 4) is 17.2 Å². The molecule has 2 aromatic carbocycles. The molecule has 0 heterocycles. The van der Waals surface area contributed by atoms with E-state index in [1.807, 2.05) is 0 Å². The number of methoxy groups -OCH3 is 2. The van der Waals surface area contributed by atoms with Gasteiger partial charge in [-0.2, -0.15) is 5.10 Å². The highest BCUT2D eigenvalue weighted by atomic mass is 35.5. The Balaban J connectivity index is 1.88. The van der Waals surface area contributed by atoms with Gasteiger partial charge in [0.25, 0.3) is 5.91 Å². The van der Waals surface area contributed by atoms with Crippen LogP contribution in [0.3, 0.4) is 0 Å². The number of nitrogens with zero attached hydrogens (tertiary/aromatic N) is 1. The number of hydrogen-bond acceptors (Lipinski definition) is 7. The summed E-state index contributed by atoms with van der Waals surface area (Å²) in [5.41, 5.74) is 3.29. The summed E-state index contributed by atoms with van der Waals surface area (Å²) in [5, 5.41) is 4.24. The zero-order valence-corrected chi connectivity index (χ0v) is 17.0. The smallest absolute Gasteiger partial charge is 0.338 e. The van der Waals surface area contributed by atoms with E-state index in [1.165, 1.54) is 20.4 Å². The fourth-order valence-corrected chi connectivity index (χ4v) is 2.43. The van der Waals surface area contributed by atoms with Gasteiger partial charge in [-0.05, 0) is 37.3 Å². The van der Waals surface area contributed by atoms with E-state index in [4.69, 9.17) is 30.5 Å². The van der Waals surface area contributed by atoms with E-state index in [-0.39, 0.29) is 6.61 Å². The van der Waals surface area contributed by atoms with Gasteiger partial charge in [-0.3, -0.25) is 4.79 Å². The highest BCUT2D eigenvalue weighted by Crippen LogP contribution is 2.32. The lowest BCUT2D eigenvalue weighted by Gasteiger charge is -2.09. The van der Waals surface area contributed by atoms with E-state index in [2.05, 4.69) is 10.5 Å². The van der Waals surface area contributed by atoms with Gasteiger partial charge in [-0.15, -0.1) is 0 Å². The first kappa shape index (κ1) is 22.0. The van der Waals surface area contributed by atoms with Gasteiger partial charge >= 0.3 is 5.97 Å². The molecule has 0 aromatic heterocycles. The van der Waals surface area contributed by atoms with Gasteiger partial charge in [-0.1, -0.05) is 11.6 Å². The van der Waals surface area contributed by atoms with Crippen LogP contribution in [0.5, 0.6) is 17.2 Å². The van der Waals surface area contributed by atoms with Crippen molar-refractivity contribution in [2.24, 2.45) is 5.10 Å². The van der Waals surface area contributed by atoms with Crippen LogP contribution in [-0.2, 0) is 9.53 Å². The summed E-state index contributed by atoms with van der Waals surface area (Å²) in [6.45, 7) is 1.78. The minimum atomic E-state index is -0.465. The van der Waals surface area contributed by atoms with Gasteiger partial charge in [0, 0.05) is 11.6 Å². The summed E-state index contributed by atoms with van der Waals surface area (Å²) in [6, 6.07) is 9.49. The molecule has 9 heteroatoms. The molecule has 1 N–H and O–H groups in total. The van der Waals surface area contributed by atoms with E-state index in [9.17, 15) is 9.59 Å². The largest absolute Gasteiger partial charge is 0.493 e. The molecule has 0 saturated heterocycles. The molecule has 2 aromatic rings. The summed E-state index contributed by atoms with van der Waals surface area (Å²) in [4.78, 5) is 23.5. The maximum atomic E-state index is 11.9. The van der Waals surface area contributed by atoms with Crippen LogP contribution < -0.4 is 19.6 Å². The molecule has 0 unspecified atom stereocenters. The number of rotatable bonds is 9. The second kappa shape index (κ2) is 10.9. The van der Waals surface area contributed by atoms with Crippen molar-refractivity contribution < 1.29 is 28.5 Å². The second-order valence-electron chi connectivity index (χ2n) is 5.56. The van der Waals surface area contributed by atoms with Crippen LogP contribution in [0.1, 0.15) is 22.8 Å². The van der Waals surface area contributed by atoms with Crippen molar-refractivity contribution in [1.82, 2.24) is 5.43 Å². The van der Waals surface area contributed by atoms with Crippen molar-refractivity contribution in [2.75, 3.05) is 27.4 Å². The second-order valence-corrected chi connectivity index (χ2v) is 5.96. The van der Waals surface area contributed by atoms with Crippen LogP contribution in [0.2, 0.25) is 5.02 Å². The average Bonchev–Trinajstić information content (AvgIpc) is 2.73. The fraction of sp³-hybridized carbons (Fsp3) is 0.250. The minimum absolute atomic E-state index is 0.254. The van der Waals surface area contributed by atoms with E-state index in [1.54, 1.807) is 43.3 Å². The van der Waals surface area contributed by atoms with E-state index < -0.39 is 11.9 Å². The summed E-state index contributed by atoms with van der Waals surface area (Å²) >= 11 is 6.15. The van der Waals surface area contributed by atoms with Crippen molar-refractivity contribution >= 4 is 29.7 Å². The number of esters is 1. The number of benzene rings is 2. The Morgan fingerprint density at radius 3 is 2.38 bits per heavy atom. The van der Waals surface area contributed by atoms with E-state index in [0.29, 0.717) is 40.0 Å². The van der Waals surface area contributed by atoms with Crippen LogP contribution in [0, 0.1) is 0 Å². The van der Waals surface area contributed by atoms with Crippen LogP contribution in [0.15, 0.2) is 41.5 Å². The molecule has 1 amide bonds. The Morgan fingerprint density at radius 2 is 1.76 bits per heavy atom. The number of amides is 1. The lowest BCUT2D eigenvalue weighted by Crippen LogP contribution is -2.24. The fourth-order valence-electron chi connectivity index (χ4n) is 2.23. The van der Waals surface area contributed by atoms with Crippen molar-refractivity contribution in [1.29, 1.82) is 0 Å². The third-order valence-corrected chi connectivity index (χ3v) is 3.96. The van der Waals surface area contributed by atoms with Crippen LogP contribution in [-0.4, -0.2) is 45.5 Å². The number of hydrogen-bond donors (Lipinski definition) is 1. The SMILES string of the molecule is CCOC(=O)c1ccc(OCC(=O)N/N=C/c2cc(OC)c(OC)cc2Cl)cc1. The Kier molecular flexibility index (Phi) is 8.29. The molecule has 0 aliphatic rings. The predicted octanol–water partition coefficient (Wildman–Crippen LogP) is 3.06. The van der Waals surface area contributed by atoms with Gasteiger partial charge in [0.2, 0.25) is 0 Å². The van der Waals surface area contributed by atoms with Crippen molar-refractivity contribution in [3.05, 3.63) is 52.5 Å². The Morgan fingerprint density at radius 1 is 1.10 bits per heavy atom. The van der Waals surface area contributed by atoms with Crippen LogP contribution in [0.25, 0.3) is 0 Å². The lowest BCUT2D eigenvalue weighted by molar-refractivity contribution is -0.123.